The summed E-state index contributed by atoms with van der Waals surface area (Å²) < 4.78 is 12.9. The van der Waals surface area contributed by atoms with E-state index < -0.39 is 0 Å². The maximum atomic E-state index is 12.9. The predicted molar refractivity (Wildman–Crippen MR) is 69.6 cm³/mol. The quantitative estimate of drug-likeness (QED) is 0.744. The van der Waals surface area contributed by atoms with Crippen molar-refractivity contribution in [2.24, 2.45) is 5.92 Å². The van der Waals surface area contributed by atoms with Gasteiger partial charge in [-0.2, -0.15) is 0 Å². The van der Waals surface area contributed by atoms with Crippen LogP contribution in [0.3, 0.4) is 0 Å². The first-order chi connectivity index (χ1) is 8.23. The van der Waals surface area contributed by atoms with E-state index in [1.165, 1.54) is 18.4 Å². The molecule has 0 saturated heterocycles. The van der Waals surface area contributed by atoms with Crippen molar-refractivity contribution in [3.63, 3.8) is 0 Å². The molecule has 1 aromatic carbocycles. The zero-order valence-corrected chi connectivity index (χ0v) is 10.8. The second kappa shape index (κ2) is 5.18. The van der Waals surface area contributed by atoms with E-state index in [-0.39, 0.29) is 5.82 Å². The molecular weight excluding hydrogens is 213 g/mol. The van der Waals surface area contributed by atoms with Crippen molar-refractivity contribution in [3.05, 3.63) is 35.6 Å². The summed E-state index contributed by atoms with van der Waals surface area (Å²) in [6.45, 7) is 6.62. The van der Waals surface area contributed by atoms with E-state index in [0.717, 1.165) is 25.4 Å². The van der Waals surface area contributed by atoms with E-state index in [4.69, 9.17) is 0 Å². The molecule has 1 aromatic rings. The monoisotopic (exact) mass is 235 g/mol. The Bertz CT molecular complexity index is 360. The molecule has 94 valence electrons. The van der Waals surface area contributed by atoms with Gasteiger partial charge in [0.25, 0.3) is 0 Å². The number of hydrogen-bond acceptors (Lipinski definition) is 1. The highest BCUT2D eigenvalue weighted by atomic mass is 19.1. The van der Waals surface area contributed by atoms with Gasteiger partial charge < -0.3 is 5.32 Å². The Kier molecular flexibility index (Phi) is 3.82. The zero-order valence-electron chi connectivity index (χ0n) is 10.8. The highest BCUT2D eigenvalue weighted by Gasteiger charge is 2.52. The predicted octanol–water partition coefficient (Wildman–Crippen LogP) is 3.49. The fraction of sp³-hybridized carbons (Fsp3) is 0.600. The van der Waals surface area contributed by atoms with Gasteiger partial charge in [-0.05, 0) is 61.4 Å². The molecule has 1 aliphatic carbocycles. The van der Waals surface area contributed by atoms with Crippen LogP contribution in [0.2, 0.25) is 0 Å². The fourth-order valence-corrected chi connectivity index (χ4v) is 2.87. The van der Waals surface area contributed by atoms with Crippen molar-refractivity contribution in [3.8, 4) is 0 Å². The lowest BCUT2D eigenvalue weighted by Crippen LogP contribution is -2.21. The highest BCUT2D eigenvalue weighted by Crippen LogP contribution is 2.56. The van der Waals surface area contributed by atoms with Crippen molar-refractivity contribution < 1.29 is 4.39 Å². The molecule has 17 heavy (non-hydrogen) atoms. The molecule has 0 heterocycles. The van der Waals surface area contributed by atoms with Crippen LogP contribution >= 0.6 is 0 Å². The maximum Gasteiger partial charge on any atom is 0.123 e. The maximum absolute atomic E-state index is 12.9. The molecule has 0 aromatic heterocycles. The van der Waals surface area contributed by atoms with Crippen molar-refractivity contribution in [1.82, 2.24) is 5.32 Å². The average Bonchev–Trinajstić information content (AvgIpc) is 3.05. The number of nitrogens with one attached hydrogen (secondary N) is 1. The van der Waals surface area contributed by atoms with Gasteiger partial charge in [0, 0.05) is 0 Å². The van der Waals surface area contributed by atoms with Gasteiger partial charge in [-0.25, -0.2) is 4.39 Å². The lowest BCUT2D eigenvalue weighted by Gasteiger charge is -2.16. The summed E-state index contributed by atoms with van der Waals surface area (Å²) in [6, 6.07) is 7.08. The van der Waals surface area contributed by atoms with Crippen LogP contribution in [0.4, 0.5) is 4.39 Å². The minimum Gasteiger partial charge on any atom is -0.316 e. The van der Waals surface area contributed by atoms with Gasteiger partial charge in [-0.1, -0.05) is 26.0 Å². The van der Waals surface area contributed by atoms with Gasteiger partial charge >= 0.3 is 0 Å². The average molecular weight is 235 g/mol. The number of rotatable bonds is 6. The summed E-state index contributed by atoms with van der Waals surface area (Å²) in [4.78, 5) is 0. The third kappa shape index (κ3) is 2.52. The Morgan fingerprint density at radius 1 is 1.29 bits per heavy atom. The first-order valence-corrected chi connectivity index (χ1v) is 6.69. The van der Waals surface area contributed by atoms with Crippen LogP contribution in [0.1, 0.15) is 38.7 Å². The third-order valence-corrected chi connectivity index (χ3v) is 4.10. The van der Waals surface area contributed by atoms with Gasteiger partial charge in [-0.15, -0.1) is 0 Å². The Labute approximate surface area is 103 Å². The smallest absolute Gasteiger partial charge is 0.123 e. The topological polar surface area (TPSA) is 12.0 Å². The molecule has 1 saturated carbocycles. The Morgan fingerprint density at radius 3 is 2.59 bits per heavy atom. The molecule has 0 radical (unpaired) electrons. The lowest BCUT2D eigenvalue weighted by molar-refractivity contribution is 0.536. The van der Waals surface area contributed by atoms with Crippen molar-refractivity contribution in [1.29, 1.82) is 0 Å². The van der Waals surface area contributed by atoms with E-state index in [0.29, 0.717) is 5.41 Å². The first-order valence-electron chi connectivity index (χ1n) is 6.69. The number of benzene rings is 1. The molecule has 0 amide bonds. The molecule has 2 heteroatoms. The SMILES string of the molecule is CCCNCC1CC1(CC)c1ccc(F)cc1. The normalized spacial score (nSPS) is 27.1. The third-order valence-electron chi connectivity index (χ3n) is 4.10. The van der Waals surface area contributed by atoms with Crippen LogP contribution in [0.25, 0.3) is 0 Å². The van der Waals surface area contributed by atoms with Crippen LogP contribution in [-0.4, -0.2) is 13.1 Å². The van der Waals surface area contributed by atoms with Gasteiger partial charge in [0.1, 0.15) is 5.82 Å². The number of halogens is 1. The molecule has 0 bridgehead atoms. The molecule has 2 atom stereocenters. The number of hydrogen-bond donors (Lipinski definition) is 1. The summed E-state index contributed by atoms with van der Waals surface area (Å²) in [5.41, 5.74) is 1.62. The molecule has 0 aliphatic heterocycles. The van der Waals surface area contributed by atoms with Gasteiger partial charge in [-0.3, -0.25) is 0 Å². The van der Waals surface area contributed by atoms with Gasteiger partial charge in [0.2, 0.25) is 0 Å². The van der Waals surface area contributed by atoms with Crippen molar-refractivity contribution in [2.45, 2.75) is 38.5 Å². The van der Waals surface area contributed by atoms with E-state index in [1.807, 2.05) is 12.1 Å². The van der Waals surface area contributed by atoms with Gasteiger partial charge in [0.05, 0.1) is 0 Å². The zero-order chi connectivity index (χ0) is 12.3. The largest absolute Gasteiger partial charge is 0.316 e. The van der Waals surface area contributed by atoms with Crippen molar-refractivity contribution in [2.75, 3.05) is 13.1 Å². The fourth-order valence-electron chi connectivity index (χ4n) is 2.87. The van der Waals surface area contributed by atoms with Crippen LogP contribution in [-0.2, 0) is 5.41 Å². The highest BCUT2D eigenvalue weighted by molar-refractivity contribution is 5.34. The first kappa shape index (κ1) is 12.6. The molecule has 1 N–H and O–H groups in total. The Hall–Kier alpha value is -0.890. The Morgan fingerprint density at radius 2 is 2.00 bits per heavy atom. The summed E-state index contributed by atoms with van der Waals surface area (Å²) >= 11 is 0. The molecule has 0 spiro atoms. The second-order valence-corrected chi connectivity index (χ2v) is 5.12. The Balaban J connectivity index is 2.00. The van der Waals surface area contributed by atoms with Crippen LogP contribution in [0.15, 0.2) is 24.3 Å². The van der Waals surface area contributed by atoms with E-state index in [1.54, 1.807) is 12.1 Å². The summed E-state index contributed by atoms with van der Waals surface area (Å²) in [5, 5.41) is 3.49. The standard InChI is InChI=1S/C15H22FN/c1-3-9-17-11-13-10-15(13,4-2)12-5-7-14(16)8-6-12/h5-8,13,17H,3-4,9-11H2,1-2H3. The lowest BCUT2D eigenvalue weighted by atomic mass is 9.90. The van der Waals surface area contributed by atoms with E-state index in [9.17, 15) is 4.39 Å². The van der Waals surface area contributed by atoms with Crippen molar-refractivity contribution >= 4 is 0 Å². The summed E-state index contributed by atoms with van der Waals surface area (Å²) in [7, 11) is 0. The van der Waals surface area contributed by atoms with E-state index in [2.05, 4.69) is 19.2 Å². The van der Waals surface area contributed by atoms with Crippen LogP contribution in [0.5, 0.6) is 0 Å². The molecular formula is C15H22FN. The second-order valence-electron chi connectivity index (χ2n) is 5.12. The van der Waals surface area contributed by atoms with E-state index >= 15 is 0 Å². The minimum atomic E-state index is -0.138. The van der Waals surface area contributed by atoms with Gasteiger partial charge in [0.15, 0.2) is 0 Å². The molecule has 2 unspecified atom stereocenters. The molecule has 2 rings (SSSR count). The summed E-state index contributed by atoms with van der Waals surface area (Å²) in [6.07, 6.45) is 3.57. The van der Waals surface area contributed by atoms with Crippen LogP contribution in [0, 0.1) is 11.7 Å². The molecule has 1 aliphatic rings. The molecule has 1 fully saturated rings. The van der Waals surface area contributed by atoms with Crippen LogP contribution < -0.4 is 5.32 Å². The summed E-state index contributed by atoms with van der Waals surface area (Å²) in [5.74, 6) is 0.589. The minimum absolute atomic E-state index is 0.138. The molecule has 1 nitrogen and oxygen atoms in total.